The van der Waals surface area contributed by atoms with Crippen LogP contribution in [0, 0.1) is 0 Å². The van der Waals surface area contributed by atoms with Crippen LogP contribution in [0.5, 0.6) is 5.75 Å². The van der Waals surface area contributed by atoms with Crippen molar-refractivity contribution in [3.63, 3.8) is 0 Å². The lowest BCUT2D eigenvalue weighted by Gasteiger charge is -2.45. The summed E-state index contributed by atoms with van der Waals surface area (Å²) in [5.74, 6) is -1.38. The summed E-state index contributed by atoms with van der Waals surface area (Å²) in [6.07, 6.45) is -8.93. The molecule has 1 heterocycles. The number of nitrogens with one attached hydrogen (secondary N) is 1. The third-order valence-electron chi connectivity index (χ3n) is 7.18. The van der Waals surface area contributed by atoms with E-state index in [9.17, 15) is 31.1 Å². The van der Waals surface area contributed by atoms with Gasteiger partial charge in [-0.3, -0.25) is 9.69 Å². The largest absolute Gasteiger partial charge is 0.573 e. The molecule has 1 atom stereocenters. The van der Waals surface area contributed by atoms with Crippen LogP contribution < -0.4 is 10.1 Å². The minimum atomic E-state index is -4.97. The smallest absolute Gasteiger partial charge is 0.405 e. The van der Waals surface area contributed by atoms with E-state index in [4.69, 9.17) is 0 Å². The summed E-state index contributed by atoms with van der Waals surface area (Å²) in [4.78, 5) is 14.4. The third-order valence-corrected chi connectivity index (χ3v) is 7.18. The van der Waals surface area contributed by atoms with E-state index in [0.717, 1.165) is 11.6 Å². The summed E-state index contributed by atoms with van der Waals surface area (Å²) in [6.45, 7) is 0.310. The van der Waals surface area contributed by atoms with Crippen molar-refractivity contribution in [3.8, 4) is 5.75 Å². The predicted molar refractivity (Wildman–Crippen MR) is 134 cm³/mol. The Bertz CT molecular complexity index is 1220. The molecule has 4 rings (SSSR count). The van der Waals surface area contributed by atoms with Crippen LogP contribution in [0.25, 0.3) is 0 Å². The quantitative estimate of drug-likeness (QED) is 0.325. The van der Waals surface area contributed by atoms with Crippen LogP contribution in [0.1, 0.15) is 34.3 Å². The summed E-state index contributed by atoms with van der Waals surface area (Å²) in [7, 11) is 0. The van der Waals surface area contributed by atoms with Crippen LogP contribution in [0.4, 0.5) is 26.3 Å². The number of halogens is 6. The predicted octanol–water partition coefficient (Wildman–Crippen LogP) is 6.52. The topological polar surface area (TPSA) is 41.6 Å². The fraction of sp³-hybridized carbons (Fsp3) is 0.345. The van der Waals surface area contributed by atoms with Crippen LogP contribution in [-0.2, 0) is 11.8 Å². The molecular weight excluding hydrogens is 522 g/mol. The van der Waals surface area contributed by atoms with Crippen LogP contribution >= 0.6 is 0 Å². The molecule has 0 bridgehead atoms. The SMILES string of the molecule is O=C(NCC1(c2ccccc2)CCN(C(Cc2ccccc2)C(F)(F)F)CC1)c1ccccc1OC(F)(F)F. The molecule has 3 aromatic carbocycles. The molecule has 1 aliphatic heterocycles. The Balaban J connectivity index is 1.52. The van der Waals surface area contributed by atoms with E-state index in [1.54, 1.807) is 30.3 Å². The van der Waals surface area contributed by atoms with Gasteiger partial charge in [0.15, 0.2) is 0 Å². The zero-order valence-corrected chi connectivity index (χ0v) is 20.9. The zero-order valence-electron chi connectivity index (χ0n) is 20.9. The Kier molecular flexibility index (Phi) is 8.54. The van der Waals surface area contributed by atoms with Crippen molar-refractivity contribution >= 4 is 5.91 Å². The van der Waals surface area contributed by atoms with Crippen LogP contribution in [-0.4, -0.2) is 49.0 Å². The second kappa shape index (κ2) is 11.7. The number of piperidine rings is 1. The van der Waals surface area contributed by atoms with Gasteiger partial charge in [0.2, 0.25) is 0 Å². The number of alkyl halides is 6. The average molecular weight is 551 g/mol. The molecule has 39 heavy (non-hydrogen) atoms. The number of ether oxygens (including phenoxy) is 1. The maximum Gasteiger partial charge on any atom is 0.573 e. The van der Waals surface area contributed by atoms with Crippen molar-refractivity contribution in [1.29, 1.82) is 0 Å². The number of benzene rings is 3. The van der Waals surface area contributed by atoms with Crippen molar-refractivity contribution in [2.24, 2.45) is 0 Å². The van der Waals surface area contributed by atoms with Crippen molar-refractivity contribution in [2.45, 2.75) is 43.3 Å². The van der Waals surface area contributed by atoms with Gasteiger partial charge >= 0.3 is 12.5 Å². The van der Waals surface area contributed by atoms with Gasteiger partial charge in [-0.25, -0.2) is 0 Å². The third kappa shape index (κ3) is 7.32. The molecule has 3 aromatic rings. The Hall–Kier alpha value is -3.53. The van der Waals surface area contributed by atoms with Crippen molar-refractivity contribution in [1.82, 2.24) is 10.2 Å². The van der Waals surface area contributed by atoms with Gasteiger partial charge < -0.3 is 10.1 Å². The van der Waals surface area contributed by atoms with E-state index < -0.39 is 35.7 Å². The number of amides is 1. The summed E-state index contributed by atoms with van der Waals surface area (Å²) in [5.41, 5.74) is 0.453. The minimum Gasteiger partial charge on any atom is -0.405 e. The number of para-hydroxylation sites is 1. The van der Waals surface area contributed by atoms with E-state index in [0.29, 0.717) is 18.4 Å². The Morgan fingerprint density at radius 1 is 0.846 bits per heavy atom. The van der Waals surface area contributed by atoms with Gasteiger partial charge in [0, 0.05) is 12.0 Å². The fourth-order valence-electron chi connectivity index (χ4n) is 5.12. The lowest BCUT2D eigenvalue weighted by molar-refractivity contribution is -0.274. The minimum absolute atomic E-state index is 0.0411. The molecule has 10 heteroatoms. The van der Waals surface area contributed by atoms with Gasteiger partial charge in [0.05, 0.1) is 5.56 Å². The first-order chi connectivity index (χ1) is 18.5. The van der Waals surface area contributed by atoms with E-state index in [1.807, 2.05) is 30.3 Å². The summed E-state index contributed by atoms with van der Waals surface area (Å²) < 4.78 is 84.8. The highest BCUT2D eigenvalue weighted by Gasteiger charge is 2.47. The highest BCUT2D eigenvalue weighted by atomic mass is 19.4. The van der Waals surface area contributed by atoms with Gasteiger partial charge in [-0.05, 0) is 55.6 Å². The van der Waals surface area contributed by atoms with Gasteiger partial charge in [-0.15, -0.1) is 13.2 Å². The Morgan fingerprint density at radius 2 is 1.41 bits per heavy atom. The molecule has 4 nitrogen and oxygen atoms in total. The summed E-state index contributed by atoms with van der Waals surface area (Å²) in [5, 5.41) is 2.72. The maximum atomic E-state index is 14.1. The molecule has 1 aliphatic rings. The molecule has 0 aromatic heterocycles. The first-order valence-corrected chi connectivity index (χ1v) is 12.5. The first-order valence-electron chi connectivity index (χ1n) is 12.5. The van der Waals surface area contributed by atoms with Crippen molar-refractivity contribution < 1.29 is 35.9 Å². The second-order valence-corrected chi connectivity index (χ2v) is 9.66. The summed E-state index contributed by atoms with van der Waals surface area (Å²) >= 11 is 0. The Labute approximate surface area is 222 Å². The monoisotopic (exact) mass is 550 g/mol. The van der Waals surface area contributed by atoms with Gasteiger partial charge in [0.1, 0.15) is 11.8 Å². The number of likely N-dealkylation sites (tertiary alicyclic amines) is 1. The molecule has 1 fully saturated rings. The highest BCUT2D eigenvalue weighted by molar-refractivity contribution is 5.97. The molecule has 1 amide bonds. The van der Waals surface area contributed by atoms with Crippen LogP contribution in [0.2, 0.25) is 0 Å². The van der Waals surface area contributed by atoms with E-state index in [1.165, 1.54) is 23.1 Å². The van der Waals surface area contributed by atoms with Gasteiger partial charge in [-0.2, -0.15) is 13.2 Å². The van der Waals surface area contributed by atoms with Crippen LogP contribution in [0.3, 0.4) is 0 Å². The number of hydrogen-bond donors (Lipinski definition) is 1. The van der Waals surface area contributed by atoms with Gasteiger partial charge in [-0.1, -0.05) is 72.8 Å². The molecule has 0 saturated carbocycles. The molecule has 208 valence electrons. The lowest BCUT2D eigenvalue weighted by Crippen LogP contribution is -2.55. The van der Waals surface area contributed by atoms with E-state index >= 15 is 0 Å². The normalized spacial score (nSPS) is 16.9. The molecular formula is C29H28F6N2O2. The number of nitrogens with zero attached hydrogens (tertiary/aromatic N) is 1. The average Bonchev–Trinajstić information content (AvgIpc) is 2.91. The molecule has 1 saturated heterocycles. The van der Waals surface area contributed by atoms with E-state index in [-0.39, 0.29) is 31.6 Å². The number of carbonyl (C=O) groups excluding carboxylic acids is 1. The maximum absolute atomic E-state index is 14.1. The number of rotatable bonds is 8. The number of hydrogen-bond acceptors (Lipinski definition) is 3. The van der Waals surface area contributed by atoms with Crippen LogP contribution in [0.15, 0.2) is 84.9 Å². The molecule has 1 unspecified atom stereocenters. The van der Waals surface area contributed by atoms with Crippen molar-refractivity contribution in [2.75, 3.05) is 19.6 Å². The zero-order chi connectivity index (χ0) is 28.1. The second-order valence-electron chi connectivity index (χ2n) is 9.66. The van der Waals surface area contributed by atoms with Gasteiger partial charge in [0.25, 0.3) is 5.91 Å². The molecule has 0 radical (unpaired) electrons. The van der Waals surface area contributed by atoms with E-state index in [2.05, 4.69) is 10.1 Å². The molecule has 1 N–H and O–H groups in total. The number of carbonyl (C=O) groups is 1. The first kappa shape index (κ1) is 28.5. The standard InChI is InChI=1S/C29H28F6N2O2/c30-28(31,32)25(19-21-9-3-1-4-10-21)37-17-15-27(16-18-37,22-11-5-2-6-12-22)20-36-26(38)23-13-7-8-14-24(23)39-29(33,34)35/h1-14,25H,15-20H2,(H,36,38). The fourth-order valence-corrected chi connectivity index (χ4v) is 5.12. The molecule has 0 aliphatic carbocycles. The lowest BCUT2D eigenvalue weighted by atomic mass is 9.72. The highest BCUT2D eigenvalue weighted by Crippen LogP contribution is 2.38. The Morgan fingerprint density at radius 3 is 2.00 bits per heavy atom. The summed E-state index contributed by atoms with van der Waals surface area (Å²) in [6, 6.07) is 21.0. The molecule has 0 spiro atoms. The van der Waals surface area contributed by atoms with Crippen molar-refractivity contribution in [3.05, 3.63) is 102 Å².